The van der Waals surface area contributed by atoms with Crippen LogP contribution in [0.5, 0.6) is 5.75 Å². The first kappa shape index (κ1) is 24.0. The molecule has 0 bridgehead atoms. The number of nitrogens with zero attached hydrogens (tertiary/aromatic N) is 6. The molecule has 2 aromatic heterocycles. The van der Waals surface area contributed by atoms with Gasteiger partial charge in [0.2, 0.25) is 0 Å². The van der Waals surface area contributed by atoms with Gasteiger partial charge in [-0.25, -0.2) is 9.97 Å². The second-order valence-corrected chi connectivity index (χ2v) is 9.68. The molecule has 38 heavy (non-hydrogen) atoms. The lowest BCUT2D eigenvalue weighted by molar-refractivity contribution is 0.0748. The van der Waals surface area contributed by atoms with Crippen molar-refractivity contribution in [3.63, 3.8) is 0 Å². The van der Waals surface area contributed by atoms with Crippen molar-refractivity contribution in [2.24, 2.45) is 0 Å². The number of rotatable bonds is 5. The molecule has 8 nitrogen and oxygen atoms in total. The van der Waals surface area contributed by atoms with Crippen molar-refractivity contribution in [2.75, 3.05) is 74.2 Å². The number of pyridine rings is 2. The van der Waals surface area contributed by atoms with Gasteiger partial charge in [0.25, 0.3) is 5.91 Å². The third-order valence-corrected chi connectivity index (χ3v) is 7.56. The molecule has 0 aliphatic carbocycles. The quantitative estimate of drug-likeness (QED) is 0.405. The Hall–Kier alpha value is -4.33. The van der Waals surface area contributed by atoms with Crippen molar-refractivity contribution in [2.45, 2.75) is 0 Å². The summed E-state index contributed by atoms with van der Waals surface area (Å²) in [7, 11) is 1.67. The Bertz CT molecular complexity index is 1400. The van der Waals surface area contributed by atoms with Gasteiger partial charge >= 0.3 is 0 Å². The minimum absolute atomic E-state index is 0.0506. The van der Waals surface area contributed by atoms with Crippen molar-refractivity contribution < 1.29 is 9.53 Å². The fourth-order valence-electron chi connectivity index (χ4n) is 5.42. The highest BCUT2D eigenvalue weighted by atomic mass is 16.5. The van der Waals surface area contributed by atoms with E-state index in [1.807, 2.05) is 53.6 Å². The fraction of sp³-hybridized carbons (Fsp3) is 0.300. The lowest BCUT2D eigenvalue weighted by Gasteiger charge is -2.37. The van der Waals surface area contributed by atoms with Crippen LogP contribution in [0.3, 0.4) is 0 Å². The first-order chi connectivity index (χ1) is 18.7. The van der Waals surface area contributed by atoms with E-state index in [4.69, 9.17) is 9.72 Å². The van der Waals surface area contributed by atoms with Crippen molar-refractivity contribution in [1.82, 2.24) is 14.9 Å². The number of benzene rings is 2. The molecule has 2 aliphatic heterocycles. The van der Waals surface area contributed by atoms with Gasteiger partial charge in [-0.1, -0.05) is 30.3 Å². The van der Waals surface area contributed by atoms with Crippen molar-refractivity contribution in [1.29, 1.82) is 0 Å². The van der Waals surface area contributed by atoms with Crippen LogP contribution < -0.4 is 19.4 Å². The van der Waals surface area contributed by atoms with Gasteiger partial charge in [-0.15, -0.1) is 0 Å². The second kappa shape index (κ2) is 10.6. The van der Waals surface area contributed by atoms with Gasteiger partial charge in [-0.05, 0) is 41.8 Å². The van der Waals surface area contributed by atoms with E-state index in [9.17, 15) is 4.79 Å². The van der Waals surface area contributed by atoms with Crippen LogP contribution in [0.15, 0.2) is 79.1 Å². The number of amides is 1. The minimum Gasteiger partial charge on any atom is -0.497 e. The Kier molecular flexibility index (Phi) is 6.69. The van der Waals surface area contributed by atoms with Crippen LogP contribution in [0, 0.1) is 0 Å². The van der Waals surface area contributed by atoms with Gasteiger partial charge in [0.1, 0.15) is 17.4 Å². The van der Waals surface area contributed by atoms with Crippen molar-refractivity contribution >= 4 is 34.0 Å². The highest BCUT2D eigenvalue weighted by Crippen LogP contribution is 2.30. The molecule has 4 aromatic rings. The summed E-state index contributed by atoms with van der Waals surface area (Å²) in [6.07, 6.45) is 3.62. The Morgan fingerprint density at radius 1 is 0.711 bits per heavy atom. The molecule has 2 aliphatic rings. The summed E-state index contributed by atoms with van der Waals surface area (Å²) in [6, 6.07) is 22.3. The van der Waals surface area contributed by atoms with Crippen LogP contribution in [0.4, 0.5) is 17.3 Å². The summed E-state index contributed by atoms with van der Waals surface area (Å²) >= 11 is 0. The number of carbonyl (C=O) groups excluding carboxylic acids is 1. The van der Waals surface area contributed by atoms with Crippen LogP contribution in [-0.2, 0) is 0 Å². The number of hydrogen-bond acceptors (Lipinski definition) is 7. The van der Waals surface area contributed by atoms with Gasteiger partial charge in [0, 0.05) is 75.8 Å². The van der Waals surface area contributed by atoms with Crippen LogP contribution in [0.2, 0.25) is 0 Å². The normalized spacial score (nSPS) is 16.1. The zero-order chi connectivity index (χ0) is 25.9. The molecule has 0 N–H and O–H groups in total. The Morgan fingerprint density at radius 3 is 2.05 bits per heavy atom. The average Bonchev–Trinajstić information content (AvgIpc) is 3.01. The third kappa shape index (κ3) is 4.69. The first-order valence-corrected chi connectivity index (χ1v) is 13.2. The second-order valence-electron chi connectivity index (χ2n) is 9.68. The van der Waals surface area contributed by atoms with Gasteiger partial charge < -0.3 is 24.3 Å². The monoisotopic (exact) mass is 508 g/mol. The molecule has 0 unspecified atom stereocenters. The predicted molar refractivity (Wildman–Crippen MR) is 152 cm³/mol. The zero-order valence-electron chi connectivity index (χ0n) is 21.7. The van der Waals surface area contributed by atoms with Crippen molar-refractivity contribution in [3.8, 4) is 5.75 Å². The lowest BCUT2D eigenvalue weighted by atomic mass is 10.0. The minimum atomic E-state index is 0.0506. The molecule has 8 heteroatoms. The maximum atomic E-state index is 13.7. The lowest BCUT2D eigenvalue weighted by Crippen LogP contribution is -2.49. The number of piperazine rings is 2. The molecule has 194 valence electrons. The summed E-state index contributed by atoms with van der Waals surface area (Å²) in [6.45, 7) is 6.41. The van der Waals surface area contributed by atoms with E-state index in [0.29, 0.717) is 18.7 Å². The van der Waals surface area contributed by atoms with Gasteiger partial charge in [0.05, 0.1) is 12.7 Å². The van der Waals surface area contributed by atoms with Crippen LogP contribution >= 0.6 is 0 Å². The van der Waals surface area contributed by atoms with Crippen LogP contribution in [-0.4, -0.2) is 80.2 Å². The van der Waals surface area contributed by atoms with Crippen LogP contribution in [0.25, 0.3) is 10.8 Å². The average molecular weight is 509 g/mol. The van der Waals surface area contributed by atoms with E-state index in [1.54, 1.807) is 13.3 Å². The third-order valence-electron chi connectivity index (χ3n) is 7.56. The largest absolute Gasteiger partial charge is 0.497 e. The number of fused-ring (bicyclic) bond motifs is 1. The summed E-state index contributed by atoms with van der Waals surface area (Å²) < 4.78 is 5.27. The van der Waals surface area contributed by atoms with Gasteiger partial charge in [-0.2, -0.15) is 0 Å². The number of anilines is 3. The van der Waals surface area contributed by atoms with Gasteiger partial charge in [-0.3, -0.25) is 4.79 Å². The van der Waals surface area contributed by atoms with E-state index in [-0.39, 0.29) is 5.91 Å². The summed E-state index contributed by atoms with van der Waals surface area (Å²) in [5.41, 5.74) is 1.83. The maximum Gasteiger partial charge on any atom is 0.256 e. The molecule has 4 heterocycles. The smallest absolute Gasteiger partial charge is 0.256 e. The maximum absolute atomic E-state index is 13.7. The number of ether oxygens (including phenoxy) is 1. The molecule has 2 aromatic carbocycles. The molecule has 2 fully saturated rings. The number of methoxy groups -OCH3 is 1. The Labute approximate surface area is 223 Å². The molecular formula is C30H32N6O2. The topological polar surface area (TPSA) is 65.0 Å². The fourth-order valence-corrected chi connectivity index (χ4v) is 5.42. The van der Waals surface area contributed by atoms with Gasteiger partial charge in [0.15, 0.2) is 0 Å². The molecule has 0 spiro atoms. The highest BCUT2D eigenvalue weighted by Gasteiger charge is 2.26. The van der Waals surface area contributed by atoms with Crippen LogP contribution in [0.1, 0.15) is 10.4 Å². The van der Waals surface area contributed by atoms with E-state index in [1.165, 1.54) is 0 Å². The summed E-state index contributed by atoms with van der Waals surface area (Å²) in [5, 5.41) is 1.99. The van der Waals surface area contributed by atoms with E-state index < -0.39 is 0 Å². The molecule has 6 rings (SSSR count). The highest BCUT2D eigenvalue weighted by molar-refractivity contribution is 6.09. The standard InChI is InChI=1S/C30H32N6O2/c1-38-24-11-9-23(10-12-24)33-14-20-36(21-15-33)30(37)27-22-32-29(26-7-3-2-6-25(26)27)35-18-16-34(17-19-35)28-8-4-5-13-31-28/h2-13,22H,14-21H2,1H3. The molecule has 0 atom stereocenters. The number of hydrogen-bond donors (Lipinski definition) is 0. The predicted octanol–water partition coefficient (Wildman–Crippen LogP) is 3.93. The molecule has 2 saturated heterocycles. The van der Waals surface area contributed by atoms with E-state index >= 15 is 0 Å². The zero-order valence-corrected chi connectivity index (χ0v) is 21.7. The summed E-state index contributed by atoms with van der Waals surface area (Å²) in [5.74, 6) is 2.86. The summed E-state index contributed by atoms with van der Waals surface area (Å²) in [4.78, 5) is 31.9. The SMILES string of the molecule is COc1ccc(N2CCN(C(=O)c3cnc(N4CCN(c5ccccn5)CC4)c4ccccc34)CC2)cc1. The molecular weight excluding hydrogens is 476 g/mol. The molecule has 0 radical (unpaired) electrons. The van der Waals surface area contributed by atoms with Crippen molar-refractivity contribution in [3.05, 3.63) is 84.7 Å². The van der Waals surface area contributed by atoms with E-state index in [0.717, 1.165) is 73.1 Å². The number of aromatic nitrogens is 2. The van der Waals surface area contributed by atoms with E-state index in [2.05, 4.69) is 43.9 Å². The Morgan fingerprint density at radius 2 is 1.37 bits per heavy atom. The Balaban J connectivity index is 1.16. The number of carbonyl (C=O) groups is 1. The first-order valence-electron chi connectivity index (χ1n) is 13.2. The molecule has 1 amide bonds. The molecule has 0 saturated carbocycles.